The second kappa shape index (κ2) is 14.6. The molecule has 3 aromatic heterocycles. The Kier molecular flexibility index (Phi) is 9.71. The van der Waals surface area contributed by atoms with Gasteiger partial charge in [-0.25, -0.2) is 14.5 Å². The normalized spacial score (nSPS) is 17.9. The van der Waals surface area contributed by atoms with Crippen LogP contribution in [0.2, 0.25) is 0 Å². The number of nitrogens with one attached hydrogen (secondary N) is 2. The van der Waals surface area contributed by atoms with Gasteiger partial charge in [-0.05, 0) is 53.9 Å². The smallest absolute Gasteiger partial charge is 0.320 e. The highest BCUT2D eigenvalue weighted by Gasteiger charge is 2.37. The van der Waals surface area contributed by atoms with Gasteiger partial charge in [-0.1, -0.05) is 48.5 Å². The van der Waals surface area contributed by atoms with E-state index in [1.165, 1.54) is 23.4 Å². The summed E-state index contributed by atoms with van der Waals surface area (Å²) >= 11 is 0. The number of hydrogen-bond acceptors (Lipinski definition) is 8. The third kappa shape index (κ3) is 7.37. The molecule has 11 nitrogen and oxygen atoms in total. The van der Waals surface area contributed by atoms with Gasteiger partial charge in [0.1, 0.15) is 11.9 Å². The third-order valence-electron chi connectivity index (χ3n) is 8.96. The topological polar surface area (TPSA) is 110 Å². The number of ether oxygens (including phenoxy) is 1. The van der Waals surface area contributed by atoms with E-state index < -0.39 is 24.1 Å². The van der Waals surface area contributed by atoms with E-state index in [1.807, 2.05) is 49.5 Å². The number of methoxy groups -OCH3 is 1. The molecule has 0 radical (unpaired) electrons. The molecule has 0 aliphatic carbocycles. The van der Waals surface area contributed by atoms with Crippen LogP contribution in [0, 0.1) is 12.9 Å². The minimum Gasteiger partial charge on any atom is -0.383 e. The van der Waals surface area contributed by atoms with Gasteiger partial charge < -0.3 is 10.1 Å². The molecule has 12 heteroatoms. The number of hydroxylamine groups is 2. The first-order valence-corrected chi connectivity index (χ1v) is 16.4. The molecule has 2 N–H and O–H groups in total. The molecule has 2 amide bonds. The quantitative estimate of drug-likeness (QED) is 0.190. The zero-order valence-corrected chi connectivity index (χ0v) is 27.6. The molecule has 1 saturated heterocycles. The van der Waals surface area contributed by atoms with E-state index in [2.05, 4.69) is 50.8 Å². The van der Waals surface area contributed by atoms with Crippen LogP contribution in [0.3, 0.4) is 0 Å². The molecule has 0 unspecified atom stereocenters. The zero-order valence-electron chi connectivity index (χ0n) is 27.6. The molecule has 0 bridgehead atoms. The van der Waals surface area contributed by atoms with Gasteiger partial charge in [-0.15, -0.1) is 0 Å². The van der Waals surface area contributed by atoms with Crippen LogP contribution < -0.4 is 10.6 Å². The fraction of sp³-hybridized carbons (Fsp3) is 0.297. The first-order valence-electron chi connectivity index (χ1n) is 16.4. The fourth-order valence-electron chi connectivity index (χ4n) is 6.51. The van der Waals surface area contributed by atoms with Crippen LogP contribution in [0.1, 0.15) is 34.1 Å². The Hall–Kier alpha value is -5.01. The molecule has 0 spiro atoms. The highest BCUT2D eigenvalue weighted by molar-refractivity contribution is 5.91. The van der Waals surface area contributed by atoms with Gasteiger partial charge in [0.05, 0.1) is 24.0 Å². The molecule has 2 atom stereocenters. The molecule has 2 aliphatic heterocycles. The maximum atomic E-state index is 14.1. The number of para-hydroxylation sites is 1. The molecule has 2 aliphatic rings. The Morgan fingerprint density at radius 2 is 1.86 bits per heavy atom. The summed E-state index contributed by atoms with van der Waals surface area (Å²) in [7, 11) is 1.61. The first kappa shape index (κ1) is 32.5. The number of rotatable bonds is 10. The van der Waals surface area contributed by atoms with Crippen molar-refractivity contribution in [2.24, 2.45) is 0 Å². The highest BCUT2D eigenvalue weighted by Crippen LogP contribution is 2.33. The third-order valence-corrected chi connectivity index (χ3v) is 8.96. The van der Waals surface area contributed by atoms with E-state index in [1.54, 1.807) is 22.9 Å². The van der Waals surface area contributed by atoms with Crippen LogP contribution >= 0.6 is 0 Å². The monoisotopic (exact) mass is 662 g/mol. The van der Waals surface area contributed by atoms with E-state index in [4.69, 9.17) is 19.7 Å². The lowest BCUT2D eigenvalue weighted by atomic mass is 10.0. The summed E-state index contributed by atoms with van der Waals surface area (Å²) in [5, 5.41) is 12.9. The lowest BCUT2D eigenvalue weighted by Crippen LogP contribution is -2.42. The van der Waals surface area contributed by atoms with Crippen molar-refractivity contribution in [2.75, 3.05) is 38.7 Å². The van der Waals surface area contributed by atoms with Gasteiger partial charge in [-0.2, -0.15) is 14.6 Å². The number of carbonyl (C=O) groups excluding carboxylic acids is 1. The standard InChI is InChI=1S/C37H39FN8O3/c1-25-34(28-19-29-23-44(16-14-31(29)40-21-28)22-26-9-5-3-6-10-26)43-46(30-11-7-4-8-12-30)36(25)42-37(47)41-32-24-45(17-18-48-2)49-35(32)27-13-15-39-33(38)20-27/h3-13,15,19-21,32,35H,14,16-18,22-24H2,1-2H3,(H2,41,42,47)/t32-,35+/m1/s1. The second-order valence-corrected chi connectivity index (χ2v) is 12.4. The minimum absolute atomic E-state index is 0.385. The Balaban J connectivity index is 1.15. The van der Waals surface area contributed by atoms with E-state index in [0.717, 1.165) is 54.3 Å². The first-order chi connectivity index (χ1) is 23.9. The van der Waals surface area contributed by atoms with Gasteiger partial charge in [0.25, 0.3) is 0 Å². The predicted molar refractivity (Wildman–Crippen MR) is 183 cm³/mol. The summed E-state index contributed by atoms with van der Waals surface area (Å²) < 4.78 is 21.0. The average molecular weight is 663 g/mol. The van der Waals surface area contributed by atoms with Crippen LogP contribution in [-0.2, 0) is 29.1 Å². The summed E-state index contributed by atoms with van der Waals surface area (Å²) in [4.78, 5) is 30.8. The highest BCUT2D eigenvalue weighted by atomic mass is 19.1. The maximum Gasteiger partial charge on any atom is 0.320 e. The molecule has 5 aromatic rings. The van der Waals surface area contributed by atoms with Crippen LogP contribution in [-0.4, -0.2) is 75.1 Å². The van der Waals surface area contributed by atoms with Crippen molar-refractivity contribution >= 4 is 11.8 Å². The largest absolute Gasteiger partial charge is 0.383 e. The average Bonchev–Trinajstić information content (AvgIpc) is 3.67. The van der Waals surface area contributed by atoms with Gasteiger partial charge in [0.2, 0.25) is 5.95 Å². The van der Waals surface area contributed by atoms with Crippen molar-refractivity contribution in [1.29, 1.82) is 0 Å². The number of benzene rings is 2. The van der Waals surface area contributed by atoms with Gasteiger partial charge in [-0.3, -0.25) is 20.0 Å². The molecule has 252 valence electrons. The predicted octanol–water partition coefficient (Wildman–Crippen LogP) is 5.46. The zero-order chi connectivity index (χ0) is 33.7. The number of hydrogen-bond donors (Lipinski definition) is 2. The van der Waals surface area contributed by atoms with Gasteiger partial charge >= 0.3 is 6.03 Å². The maximum absolute atomic E-state index is 14.1. The SMILES string of the molecule is COCCN1C[C@@H](NC(=O)Nc2c(C)c(-c3cnc4c(c3)CN(Cc3ccccc3)CC4)nn2-c2ccccc2)[C@H](c2ccnc(F)c2)O1. The van der Waals surface area contributed by atoms with Crippen LogP contribution in [0.4, 0.5) is 15.0 Å². The summed E-state index contributed by atoms with van der Waals surface area (Å²) in [5.41, 5.74) is 7.36. The molecule has 2 aromatic carbocycles. The summed E-state index contributed by atoms with van der Waals surface area (Å²) in [6.07, 6.45) is 3.54. The van der Waals surface area contributed by atoms with E-state index in [-0.39, 0.29) is 0 Å². The van der Waals surface area contributed by atoms with E-state index in [0.29, 0.717) is 31.1 Å². The number of carbonyl (C=O) groups is 1. The molecule has 49 heavy (non-hydrogen) atoms. The van der Waals surface area contributed by atoms with E-state index in [9.17, 15) is 9.18 Å². The number of amides is 2. The van der Waals surface area contributed by atoms with Crippen molar-refractivity contribution in [2.45, 2.75) is 38.6 Å². The number of pyridine rings is 2. The second-order valence-electron chi connectivity index (χ2n) is 12.4. The number of fused-ring (bicyclic) bond motifs is 1. The lowest BCUT2D eigenvalue weighted by Gasteiger charge is -2.28. The molecule has 7 rings (SSSR count). The van der Waals surface area contributed by atoms with Crippen LogP contribution in [0.15, 0.2) is 91.3 Å². The number of halogens is 1. The molecule has 0 saturated carbocycles. The van der Waals surface area contributed by atoms with Crippen LogP contribution in [0.5, 0.6) is 0 Å². The number of urea groups is 1. The number of nitrogens with zero attached hydrogens (tertiary/aromatic N) is 6. The molecule has 1 fully saturated rings. The fourth-order valence-corrected chi connectivity index (χ4v) is 6.51. The van der Waals surface area contributed by atoms with Crippen LogP contribution in [0.25, 0.3) is 16.9 Å². The lowest BCUT2D eigenvalue weighted by molar-refractivity contribution is -0.154. The molecule has 5 heterocycles. The van der Waals surface area contributed by atoms with Crippen molar-refractivity contribution < 1.29 is 18.8 Å². The van der Waals surface area contributed by atoms with Crippen molar-refractivity contribution in [3.8, 4) is 16.9 Å². The molecular weight excluding hydrogens is 623 g/mol. The Labute approximate surface area is 284 Å². The summed E-state index contributed by atoms with van der Waals surface area (Å²) in [6, 6.07) is 24.5. The van der Waals surface area contributed by atoms with Crippen molar-refractivity contribution in [1.82, 2.24) is 35.0 Å². The Morgan fingerprint density at radius 1 is 1.06 bits per heavy atom. The summed E-state index contributed by atoms with van der Waals surface area (Å²) in [6.45, 7) is 5.89. The summed E-state index contributed by atoms with van der Waals surface area (Å²) in [5.74, 6) is -0.0843. The van der Waals surface area contributed by atoms with Gasteiger partial charge in [0.15, 0.2) is 0 Å². The van der Waals surface area contributed by atoms with Crippen molar-refractivity contribution in [3.63, 3.8) is 0 Å². The van der Waals surface area contributed by atoms with E-state index >= 15 is 0 Å². The minimum atomic E-state index is -0.616. The molecular formula is C37H39FN8O3. The number of aromatic nitrogens is 4. The van der Waals surface area contributed by atoms with Crippen molar-refractivity contribution in [3.05, 3.63) is 125 Å². The Bertz CT molecular complexity index is 1900. The van der Waals surface area contributed by atoms with Gasteiger partial charge in [0, 0.05) is 75.5 Å². The number of anilines is 1. The Morgan fingerprint density at radius 3 is 2.63 bits per heavy atom.